The number of amides is 1. The van der Waals surface area contributed by atoms with Crippen molar-refractivity contribution in [1.82, 2.24) is 15.1 Å². The Morgan fingerprint density at radius 3 is 2.67 bits per heavy atom. The minimum atomic E-state index is 0.351. The summed E-state index contributed by atoms with van der Waals surface area (Å²) < 4.78 is 0. The number of nitrogens with zero attached hydrogens (tertiary/aromatic N) is 2. The Hall–Kier alpha value is -0.610. The van der Waals surface area contributed by atoms with Crippen molar-refractivity contribution in [3.8, 4) is 0 Å². The second-order valence-electron chi connectivity index (χ2n) is 6.86. The van der Waals surface area contributed by atoms with E-state index >= 15 is 0 Å². The average Bonchev–Trinajstić information content (AvgIpc) is 2.49. The van der Waals surface area contributed by atoms with E-state index in [1.54, 1.807) is 0 Å². The Bertz CT molecular complexity index is 315. The fraction of sp³-hybridized carbons (Fsp3) is 0.941. The van der Waals surface area contributed by atoms with E-state index in [1.165, 1.54) is 32.1 Å². The molecular formula is C17H33N3O. The van der Waals surface area contributed by atoms with Gasteiger partial charge in [-0.05, 0) is 71.0 Å². The zero-order chi connectivity index (χ0) is 15.1. The van der Waals surface area contributed by atoms with Crippen molar-refractivity contribution in [2.45, 2.75) is 58.4 Å². The molecule has 0 spiro atoms. The number of nitrogens with one attached hydrogen (secondary N) is 1. The molecule has 1 unspecified atom stereocenters. The van der Waals surface area contributed by atoms with Crippen molar-refractivity contribution in [2.24, 2.45) is 5.92 Å². The standard InChI is InChI=1S/C17H33N3O/c1-3-11-19(13-16-7-9-18-10-8-16)14-17(21)20-12-5-4-6-15(20)2/h15-16,18H,3-14H2,1-2H3. The summed E-state index contributed by atoms with van der Waals surface area (Å²) in [6, 6.07) is 0.439. The molecule has 122 valence electrons. The summed E-state index contributed by atoms with van der Waals surface area (Å²) in [4.78, 5) is 17.1. The van der Waals surface area contributed by atoms with Gasteiger partial charge in [-0.25, -0.2) is 0 Å². The Morgan fingerprint density at radius 1 is 1.24 bits per heavy atom. The summed E-state index contributed by atoms with van der Waals surface area (Å²) in [6.45, 7) is 10.4. The van der Waals surface area contributed by atoms with Crippen LogP contribution in [-0.2, 0) is 4.79 Å². The van der Waals surface area contributed by atoms with Gasteiger partial charge in [0.05, 0.1) is 6.54 Å². The summed E-state index contributed by atoms with van der Waals surface area (Å²) in [5.41, 5.74) is 0. The van der Waals surface area contributed by atoms with Crippen LogP contribution in [0.2, 0.25) is 0 Å². The highest BCUT2D eigenvalue weighted by Gasteiger charge is 2.25. The van der Waals surface area contributed by atoms with Gasteiger partial charge in [0.1, 0.15) is 0 Å². The Balaban J connectivity index is 1.83. The van der Waals surface area contributed by atoms with Gasteiger partial charge in [0, 0.05) is 19.1 Å². The largest absolute Gasteiger partial charge is 0.339 e. The minimum absolute atomic E-state index is 0.351. The van der Waals surface area contributed by atoms with Crippen molar-refractivity contribution in [3.05, 3.63) is 0 Å². The maximum absolute atomic E-state index is 12.6. The van der Waals surface area contributed by atoms with E-state index in [0.29, 0.717) is 18.5 Å². The van der Waals surface area contributed by atoms with Gasteiger partial charge in [-0.1, -0.05) is 6.92 Å². The Kier molecular flexibility index (Phi) is 6.97. The molecule has 2 aliphatic heterocycles. The van der Waals surface area contributed by atoms with Gasteiger partial charge >= 0.3 is 0 Å². The molecule has 1 atom stereocenters. The van der Waals surface area contributed by atoms with Crippen LogP contribution >= 0.6 is 0 Å². The van der Waals surface area contributed by atoms with Gasteiger partial charge < -0.3 is 10.2 Å². The smallest absolute Gasteiger partial charge is 0.236 e. The van der Waals surface area contributed by atoms with E-state index in [0.717, 1.165) is 45.1 Å². The zero-order valence-corrected chi connectivity index (χ0v) is 13.9. The van der Waals surface area contributed by atoms with Crippen LogP contribution in [0.5, 0.6) is 0 Å². The maximum atomic E-state index is 12.6. The number of hydrogen-bond acceptors (Lipinski definition) is 3. The highest BCUT2D eigenvalue weighted by Crippen LogP contribution is 2.18. The van der Waals surface area contributed by atoms with Crippen LogP contribution in [-0.4, -0.2) is 61.0 Å². The third-order valence-corrected chi connectivity index (χ3v) is 5.00. The first-order valence-corrected chi connectivity index (χ1v) is 8.93. The van der Waals surface area contributed by atoms with Crippen molar-refractivity contribution in [2.75, 3.05) is 39.3 Å². The van der Waals surface area contributed by atoms with Crippen LogP contribution in [0, 0.1) is 5.92 Å². The lowest BCUT2D eigenvalue weighted by molar-refractivity contribution is -0.135. The third kappa shape index (κ3) is 5.26. The molecule has 4 nitrogen and oxygen atoms in total. The van der Waals surface area contributed by atoms with Gasteiger partial charge in [-0.3, -0.25) is 9.69 Å². The minimum Gasteiger partial charge on any atom is -0.339 e. The van der Waals surface area contributed by atoms with Crippen LogP contribution in [0.25, 0.3) is 0 Å². The molecule has 0 aromatic rings. The lowest BCUT2D eigenvalue weighted by Gasteiger charge is -2.36. The van der Waals surface area contributed by atoms with E-state index in [9.17, 15) is 4.79 Å². The maximum Gasteiger partial charge on any atom is 0.236 e. The van der Waals surface area contributed by atoms with Crippen LogP contribution in [0.3, 0.4) is 0 Å². The van der Waals surface area contributed by atoms with Crippen LogP contribution in [0.4, 0.5) is 0 Å². The van der Waals surface area contributed by atoms with Gasteiger partial charge in [0.25, 0.3) is 0 Å². The van der Waals surface area contributed by atoms with Gasteiger partial charge in [0.15, 0.2) is 0 Å². The molecular weight excluding hydrogens is 262 g/mol. The van der Waals surface area contributed by atoms with Crippen LogP contribution < -0.4 is 5.32 Å². The van der Waals surface area contributed by atoms with E-state index in [1.807, 2.05) is 0 Å². The highest BCUT2D eigenvalue weighted by molar-refractivity contribution is 5.78. The lowest BCUT2D eigenvalue weighted by atomic mass is 9.97. The molecule has 1 amide bonds. The van der Waals surface area contributed by atoms with Crippen LogP contribution in [0.1, 0.15) is 52.4 Å². The number of hydrogen-bond donors (Lipinski definition) is 1. The number of rotatable bonds is 6. The highest BCUT2D eigenvalue weighted by atomic mass is 16.2. The number of carbonyl (C=O) groups excluding carboxylic acids is 1. The van der Waals surface area contributed by atoms with Crippen molar-refractivity contribution >= 4 is 5.91 Å². The second-order valence-corrected chi connectivity index (χ2v) is 6.86. The quantitative estimate of drug-likeness (QED) is 0.815. The molecule has 2 heterocycles. The van der Waals surface area contributed by atoms with E-state index in [4.69, 9.17) is 0 Å². The molecule has 2 rings (SSSR count). The van der Waals surface area contributed by atoms with Crippen LogP contribution in [0.15, 0.2) is 0 Å². The topological polar surface area (TPSA) is 35.6 Å². The molecule has 2 aliphatic rings. The summed E-state index contributed by atoms with van der Waals surface area (Å²) >= 11 is 0. The van der Waals surface area contributed by atoms with E-state index < -0.39 is 0 Å². The molecule has 1 N–H and O–H groups in total. The van der Waals surface area contributed by atoms with Gasteiger partial charge in [0.2, 0.25) is 5.91 Å². The normalized spacial score (nSPS) is 24.5. The molecule has 4 heteroatoms. The predicted molar refractivity (Wildman–Crippen MR) is 87.4 cm³/mol. The fourth-order valence-corrected chi connectivity index (χ4v) is 3.73. The molecule has 2 saturated heterocycles. The summed E-state index contributed by atoms with van der Waals surface area (Å²) in [5.74, 6) is 1.12. The molecule has 2 fully saturated rings. The van der Waals surface area contributed by atoms with Gasteiger partial charge in [-0.15, -0.1) is 0 Å². The molecule has 21 heavy (non-hydrogen) atoms. The first-order chi connectivity index (χ1) is 10.2. The third-order valence-electron chi connectivity index (χ3n) is 5.00. The van der Waals surface area contributed by atoms with Crippen molar-refractivity contribution < 1.29 is 4.79 Å². The van der Waals surface area contributed by atoms with E-state index in [2.05, 4.69) is 29.0 Å². The number of piperidine rings is 2. The summed E-state index contributed by atoms with van der Waals surface area (Å²) in [5, 5.41) is 3.42. The van der Waals surface area contributed by atoms with Gasteiger partial charge in [-0.2, -0.15) is 0 Å². The Morgan fingerprint density at radius 2 is 2.00 bits per heavy atom. The lowest BCUT2D eigenvalue weighted by Crippen LogP contribution is -2.48. The van der Waals surface area contributed by atoms with E-state index in [-0.39, 0.29) is 0 Å². The number of likely N-dealkylation sites (tertiary alicyclic amines) is 1. The summed E-state index contributed by atoms with van der Waals surface area (Å²) in [6.07, 6.45) is 7.28. The SMILES string of the molecule is CCCN(CC(=O)N1CCCCC1C)CC1CCNCC1. The van der Waals surface area contributed by atoms with Crippen molar-refractivity contribution in [3.63, 3.8) is 0 Å². The molecule has 0 radical (unpaired) electrons. The first kappa shape index (κ1) is 16.8. The molecule has 0 bridgehead atoms. The monoisotopic (exact) mass is 295 g/mol. The fourth-order valence-electron chi connectivity index (χ4n) is 3.73. The molecule has 0 aromatic carbocycles. The molecule has 0 saturated carbocycles. The zero-order valence-electron chi connectivity index (χ0n) is 13.9. The molecule has 0 aromatic heterocycles. The van der Waals surface area contributed by atoms with Crippen molar-refractivity contribution in [1.29, 1.82) is 0 Å². The Labute approximate surface area is 130 Å². The molecule has 0 aliphatic carbocycles. The number of carbonyl (C=O) groups is 1. The summed E-state index contributed by atoms with van der Waals surface area (Å²) in [7, 11) is 0. The second kappa shape index (κ2) is 8.74. The first-order valence-electron chi connectivity index (χ1n) is 8.93. The predicted octanol–water partition coefficient (Wildman–Crippen LogP) is 2.10. The average molecular weight is 295 g/mol.